The Morgan fingerprint density at radius 2 is 2.06 bits per heavy atom. The van der Waals surface area contributed by atoms with Crippen LogP contribution in [0.1, 0.15) is 16.2 Å². The standard InChI is InChI=1S/C12H13BrN3O/c1-9-14-15(2)8-16(9)7-12(17)10-3-5-11(13)6-4-10/h3-6,8H,7H2,1-2H3/q+1. The van der Waals surface area contributed by atoms with Crippen LogP contribution in [-0.4, -0.2) is 15.6 Å². The summed E-state index contributed by atoms with van der Waals surface area (Å²) in [7, 11) is 1.84. The van der Waals surface area contributed by atoms with Gasteiger partial charge in [-0.15, -0.1) is 4.68 Å². The van der Waals surface area contributed by atoms with Crippen molar-refractivity contribution in [2.24, 2.45) is 7.05 Å². The molecule has 17 heavy (non-hydrogen) atoms. The Labute approximate surface area is 108 Å². The van der Waals surface area contributed by atoms with E-state index in [0.717, 1.165) is 10.3 Å². The molecule has 0 fully saturated rings. The van der Waals surface area contributed by atoms with Crippen molar-refractivity contribution >= 4 is 21.7 Å². The smallest absolute Gasteiger partial charge is 0.274 e. The summed E-state index contributed by atoms with van der Waals surface area (Å²) in [6.45, 7) is 2.20. The Kier molecular flexibility index (Phi) is 3.38. The van der Waals surface area contributed by atoms with E-state index in [1.165, 1.54) is 0 Å². The van der Waals surface area contributed by atoms with Crippen molar-refractivity contribution in [1.82, 2.24) is 9.78 Å². The van der Waals surface area contributed by atoms with Gasteiger partial charge in [-0.25, -0.2) is 4.57 Å². The van der Waals surface area contributed by atoms with Gasteiger partial charge in [-0.1, -0.05) is 28.1 Å². The molecule has 0 atom stereocenters. The van der Waals surface area contributed by atoms with Gasteiger partial charge in [0.2, 0.25) is 6.33 Å². The van der Waals surface area contributed by atoms with Crippen LogP contribution in [-0.2, 0) is 13.6 Å². The number of rotatable bonds is 3. The minimum Gasteiger partial charge on any atom is -0.291 e. The molecule has 4 nitrogen and oxygen atoms in total. The highest BCUT2D eigenvalue weighted by Crippen LogP contribution is 2.10. The number of aryl methyl sites for hydroxylation is 2. The fourth-order valence-electron chi connectivity index (χ4n) is 1.63. The lowest BCUT2D eigenvalue weighted by Gasteiger charge is -1.99. The molecule has 2 rings (SSSR count). The second-order valence-electron chi connectivity index (χ2n) is 3.89. The highest BCUT2D eigenvalue weighted by atomic mass is 79.9. The summed E-state index contributed by atoms with van der Waals surface area (Å²) < 4.78 is 4.51. The van der Waals surface area contributed by atoms with Crippen molar-refractivity contribution in [1.29, 1.82) is 0 Å². The van der Waals surface area contributed by atoms with Gasteiger partial charge in [0, 0.05) is 22.1 Å². The highest BCUT2D eigenvalue weighted by molar-refractivity contribution is 9.10. The summed E-state index contributed by atoms with van der Waals surface area (Å²) in [5.41, 5.74) is 0.712. The summed E-state index contributed by atoms with van der Waals surface area (Å²) in [4.78, 5) is 12.0. The molecule has 1 heterocycles. The summed E-state index contributed by atoms with van der Waals surface area (Å²) in [6, 6.07) is 7.37. The van der Waals surface area contributed by atoms with Crippen LogP contribution in [0.4, 0.5) is 0 Å². The van der Waals surface area contributed by atoms with Crippen LogP contribution in [0.25, 0.3) is 0 Å². The summed E-state index contributed by atoms with van der Waals surface area (Å²) in [5, 5.41) is 4.19. The Hall–Kier alpha value is -1.49. The molecule has 1 aromatic carbocycles. The lowest BCUT2D eigenvalue weighted by Crippen LogP contribution is -2.39. The zero-order chi connectivity index (χ0) is 12.4. The van der Waals surface area contributed by atoms with Crippen LogP contribution in [0.3, 0.4) is 0 Å². The number of ketones is 1. The van der Waals surface area contributed by atoms with E-state index in [0.29, 0.717) is 12.1 Å². The molecule has 0 N–H and O–H groups in total. The molecule has 0 radical (unpaired) electrons. The minimum atomic E-state index is 0.0820. The van der Waals surface area contributed by atoms with Gasteiger partial charge in [-0.3, -0.25) is 4.79 Å². The van der Waals surface area contributed by atoms with Crippen LogP contribution in [0.15, 0.2) is 35.1 Å². The van der Waals surface area contributed by atoms with Gasteiger partial charge in [-0.05, 0) is 12.1 Å². The molecule has 0 aliphatic carbocycles. The number of halogens is 1. The predicted octanol–water partition coefficient (Wildman–Crippen LogP) is 1.66. The minimum absolute atomic E-state index is 0.0820. The van der Waals surface area contributed by atoms with Gasteiger partial charge in [0.25, 0.3) is 5.82 Å². The Morgan fingerprint density at radius 1 is 1.41 bits per heavy atom. The lowest BCUT2D eigenvalue weighted by molar-refractivity contribution is -0.689. The van der Waals surface area contributed by atoms with E-state index in [-0.39, 0.29) is 5.78 Å². The molecule has 0 aliphatic rings. The Balaban J connectivity index is 2.17. The van der Waals surface area contributed by atoms with E-state index in [2.05, 4.69) is 21.0 Å². The predicted molar refractivity (Wildman–Crippen MR) is 66.6 cm³/mol. The number of hydrogen-bond acceptors (Lipinski definition) is 2. The second kappa shape index (κ2) is 4.79. The number of benzene rings is 1. The summed E-state index contributed by atoms with van der Waals surface area (Å²) in [6.07, 6.45) is 1.81. The second-order valence-corrected chi connectivity index (χ2v) is 4.81. The van der Waals surface area contributed by atoms with Crippen LogP contribution >= 0.6 is 15.9 Å². The molecule has 0 amide bonds. The Morgan fingerprint density at radius 3 is 2.59 bits per heavy atom. The molecule has 88 valence electrons. The molecule has 0 spiro atoms. The molecule has 0 aliphatic heterocycles. The largest absolute Gasteiger partial charge is 0.291 e. The maximum absolute atomic E-state index is 12.0. The molecule has 2 aromatic rings. The maximum atomic E-state index is 12.0. The van der Waals surface area contributed by atoms with E-state index in [9.17, 15) is 4.79 Å². The zero-order valence-electron chi connectivity index (χ0n) is 9.72. The normalized spacial score (nSPS) is 10.5. The number of Topliss-reactive ketones (excluding diaryl/α,β-unsaturated/α-hetero) is 1. The number of aromatic nitrogens is 3. The number of carbonyl (C=O) groups is 1. The molecular formula is C12H13BrN3O+. The monoisotopic (exact) mass is 294 g/mol. The van der Waals surface area contributed by atoms with Crippen molar-refractivity contribution in [3.05, 3.63) is 46.5 Å². The molecule has 0 saturated carbocycles. The quantitative estimate of drug-likeness (QED) is 0.638. The number of hydrogen-bond donors (Lipinski definition) is 0. The van der Waals surface area contributed by atoms with Crippen molar-refractivity contribution in [3.63, 3.8) is 0 Å². The average Bonchev–Trinajstić information content (AvgIpc) is 2.58. The third-order valence-corrected chi connectivity index (χ3v) is 3.03. The van der Waals surface area contributed by atoms with Crippen LogP contribution in [0.2, 0.25) is 0 Å². The van der Waals surface area contributed by atoms with E-state index < -0.39 is 0 Å². The molecule has 1 aromatic heterocycles. The van der Waals surface area contributed by atoms with Crippen LogP contribution in [0, 0.1) is 6.92 Å². The van der Waals surface area contributed by atoms with Crippen molar-refractivity contribution < 1.29 is 9.36 Å². The third-order valence-electron chi connectivity index (χ3n) is 2.50. The SMILES string of the molecule is Cc1nn(C)c[n+]1CC(=O)c1ccc(Br)cc1. The van der Waals surface area contributed by atoms with Crippen LogP contribution < -0.4 is 4.57 Å². The van der Waals surface area contributed by atoms with Gasteiger partial charge in [0.1, 0.15) is 6.54 Å². The molecule has 0 saturated heterocycles. The van der Waals surface area contributed by atoms with Gasteiger partial charge in [0.05, 0.1) is 7.05 Å². The number of carbonyl (C=O) groups excluding carboxylic acids is 1. The fraction of sp³-hybridized carbons (Fsp3) is 0.250. The molecule has 0 unspecified atom stereocenters. The number of nitrogens with zero attached hydrogens (tertiary/aromatic N) is 3. The molecular weight excluding hydrogens is 282 g/mol. The zero-order valence-corrected chi connectivity index (χ0v) is 11.3. The lowest BCUT2D eigenvalue weighted by atomic mass is 10.1. The van der Waals surface area contributed by atoms with Gasteiger partial charge >= 0.3 is 0 Å². The van der Waals surface area contributed by atoms with E-state index >= 15 is 0 Å². The third kappa shape index (κ3) is 2.79. The average molecular weight is 295 g/mol. The Bertz CT molecular complexity index is 545. The summed E-state index contributed by atoms with van der Waals surface area (Å²) in [5.74, 6) is 0.913. The first-order valence-corrected chi connectivity index (χ1v) is 6.04. The fourth-order valence-corrected chi connectivity index (χ4v) is 1.90. The van der Waals surface area contributed by atoms with Crippen molar-refractivity contribution in [2.75, 3.05) is 0 Å². The van der Waals surface area contributed by atoms with E-state index in [1.807, 2.05) is 49.1 Å². The van der Waals surface area contributed by atoms with Crippen molar-refractivity contribution in [3.8, 4) is 0 Å². The van der Waals surface area contributed by atoms with Crippen LogP contribution in [0.5, 0.6) is 0 Å². The van der Waals surface area contributed by atoms with E-state index in [4.69, 9.17) is 0 Å². The summed E-state index contributed by atoms with van der Waals surface area (Å²) >= 11 is 3.35. The molecule has 0 bridgehead atoms. The maximum Gasteiger partial charge on any atom is 0.274 e. The highest BCUT2D eigenvalue weighted by Gasteiger charge is 2.14. The van der Waals surface area contributed by atoms with Gasteiger partial charge < -0.3 is 0 Å². The topological polar surface area (TPSA) is 38.8 Å². The first kappa shape index (κ1) is 12.0. The van der Waals surface area contributed by atoms with Gasteiger partial charge in [-0.2, -0.15) is 0 Å². The van der Waals surface area contributed by atoms with Crippen molar-refractivity contribution in [2.45, 2.75) is 13.5 Å². The first-order chi connectivity index (χ1) is 8.06. The first-order valence-electron chi connectivity index (χ1n) is 5.25. The molecule has 5 heteroatoms. The van der Waals surface area contributed by atoms with E-state index in [1.54, 1.807) is 4.68 Å². The van der Waals surface area contributed by atoms with Gasteiger partial charge in [0.15, 0.2) is 5.78 Å².